The SMILES string of the molecule is CCC(Oc1ccc2c(c1)C(c1ccc(F)cc1)N(C(C)=O)CC2)C(=O)N1CCSCC1. The van der Waals surface area contributed by atoms with Crippen LogP contribution in [0.5, 0.6) is 5.75 Å². The van der Waals surface area contributed by atoms with E-state index in [2.05, 4.69) is 0 Å². The monoisotopic (exact) mass is 456 g/mol. The summed E-state index contributed by atoms with van der Waals surface area (Å²) in [5, 5.41) is 0. The summed E-state index contributed by atoms with van der Waals surface area (Å²) in [6.07, 6.45) is 0.794. The van der Waals surface area contributed by atoms with Crippen molar-refractivity contribution in [3.8, 4) is 5.75 Å². The van der Waals surface area contributed by atoms with Gasteiger partial charge >= 0.3 is 0 Å². The quantitative estimate of drug-likeness (QED) is 0.681. The van der Waals surface area contributed by atoms with Gasteiger partial charge in [0.1, 0.15) is 11.6 Å². The minimum Gasteiger partial charge on any atom is -0.481 e. The van der Waals surface area contributed by atoms with Gasteiger partial charge in [-0.15, -0.1) is 0 Å². The number of fused-ring (bicyclic) bond motifs is 1. The zero-order valence-electron chi connectivity index (χ0n) is 18.6. The fraction of sp³-hybridized carbons (Fsp3) is 0.440. The number of rotatable bonds is 5. The van der Waals surface area contributed by atoms with Gasteiger partial charge < -0.3 is 14.5 Å². The molecule has 0 aliphatic carbocycles. The molecule has 2 unspecified atom stereocenters. The second kappa shape index (κ2) is 9.94. The minimum absolute atomic E-state index is 0.0270. The van der Waals surface area contributed by atoms with Crippen LogP contribution in [0.4, 0.5) is 4.39 Å². The number of hydrogen-bond donors (Lipinski definition) is 0. The number of carbonyl (C=O) groups is 2. The minimum atomic E-state index is -0.534. The zero-order valence-corrected chi connectivity index (χ0v) is 19.4. The summed E-state index contributed by atoms with van der Waals surface area (Å²) in [6, 6.07) is 11.9. The molecule has 32 heavy (non-hydrogen) atoms. The highest BCUT2D eigenvalue weighted by atomic mass is 32.2. The first-order chi connectivity index (χ1) is 15.5. The van der Waals surface area contributed by atoms with Crippen molar-refractivity contribution in [1.82, 2.24) is 9.80 Å². The Kier molecular flexibility index (Phi) is 7.04. The number of hydrogen-bond acceptors (Lipinski definition) is 4. The molecule has 2 aliphatic rings. The van der Waals surface area contributed by atoms with Gasteiger partial charge in [-0.25, -0.2) is 4.39 Å². The summed E-state index contributed by atoms with van der Waals surface area (Å²) < 4.78 is 19.7. The lowest BCUT2D eigenvalue weighted by Gasteiger charge is -2.37. The molecule has 0 spiro atoms. The smallest absolute Gasteiger partial charge is 0.263 e. The van der Waals surface area contributed by atoms with Crippen LogP contribution in [-0.4, -0.2) is 58.9 Å². The van der Waals surface area contributed by atoms with Gasteiger partial charge in [-0.05, 0) is 53.8 Å². The summed E-state index contributed by atoms with van der Waals surface area (Å²) in [5.74, 6) is 2.24. The average molecular weight is 457 g/mol. The van der Waals surface area contributed by atoms with E-state index in [0.717, 1.165) is 47.7 Å². The summed E-state index contributed by atoms with van der Waals surface area (Å²) in [5.41, 5.74) is 2.96. The van der Waals surface area contributed by atoms with Gasteiger partial charge in [-0.3, -0.25) is 9.59 Å². The molecular weight excluding hydrogens is 427 g/mol. The van der Waals surface area contributed by atoms with Crippen molar-refractivity contribution in [2.75, 3.05) is 31.1 Å². The molecule has 2 aromatic carbocycles. The van der Waals surface area contributed by atoms with Crippen molar-refractivity contribution in [1.29, 1.82) is 0 Å². The average Bonchev–Trinajstić information content (AvgIpc) is 2.82. The van der Waals surface area contributed by atoms with Gasteiger partial charge in [0.05, 0.1) is 6.04 Å². The number of carbonyl (C=O) groups excluding carboxylic acids is 2. The Morgan fingerprint density at radius 1 is 1.12 bits per heavy atom. The Hall–Kier alpha value is -2.54. The maximum Gasteiger partial charge on any atom is 0.263 e. The predicted octanol–water partition coefficient (Wildman–Crippen LogP) is 4.05. The van der Waals surface area contributed by atoms with E-state index in [4.69, 9.17) is 4.74 Å². The van der Waals surface area contributed by atoms with Crippen LogP contribution in [0.25, 0.3) is 0 Å². The largest absolute Gasteiger partial charge is 0.481 e. The highest BCUT2D eigenvalue weighted by Crippen LogP contribution is 2.37. The molecule has 1 fully saturated rings. The Morgan fingerprint density at radius 2 is 1.84 bits per heavy atom. The van der Waals surface area contributed by atoms with Crippen LogP contribution in [-0.2, 0) is 16.0 Å². The first-order valence-corrected chi connectivity index (χ1v) is 12.3. The molecule has 0 N–H and O–H groups in total. The first kappa shape index (κ1) is 22.6. The van der Waals surface area contributed by atoms with E-state index in [9.17, 15) is 14.0 Å². The van der Waals surface area contributed by atoms with Crippen LogP contribution >= 0.6 is 11.8 Å². The van der Waals surface area contributed by atoms with Gasteiger partial charge in [-0.1, -0.05) is 25.1 Å². The normalized spacial score (nSPS) is 19.3. The molecule has 2 amide bonds. The molecule has 0 saturated carbocycles. The third-order valence-electron chi connectivity index (χ3n) is 6.18. The van der Waals surface area contributed by atoms with E-state index < -0.39 is 6.10 Å². The number of thioether (sulfide) groups is 1. The third kappa shape index (κ3) is 4.77. The number of benzene rings is 2. The molecule has 0 aromatic heterocycles. The lowest BCUT2D eigenvalue weighted by atomic mass is 9.88. The summed E-state index contributed by atoms with van der Waals surface area (Å²) in [7, 11) is 0. The maximum atomic E-state index is 13.5. The topological polar surface area (TPSA) is 49.9 Å². The molecule has 2 atom stereocenters. The van der Waals surface area contributed by atoms with Crippen molar-refractivity contribution < 1.29 is 18.7 Å². The Balaban J connectivity index is 1.63. The van der Waals surface area contributed by atoms with Crippen molar-refractivity contribution in [2.45, 2.75) is 38.8 Å². The maximum absolute atomic E-state index is 13.5. The third-order valence-corrected chi connectivity index (χ3v) is 7.13. The molecular formula is C25H29FN2O3S. The van der Waals surface area contributed by atoms with Gasteiger partial charge in [0.2, 0.25) is 5.91 Å². The van der Waals surface area contributed by atoms with Crippen molar-refractivity contribution >= 4 is 23.6 Å². The standard InChI is InChI=1S/C25H29FN2O3S/c1-3-23(25(30)27-12-14-32-15-13-27)31-21-9-6-18-10-11-28(17(2)29)24(22(18)16-21)19-4-7-20(26)8-5-19/h4-9,16,23-24H,3,10-15H2,1-2H3. The lowest BCUT2D eigenvalue weighted by Crippen LogP contribution is -2.45. The first-order valence-electron chi connectivity index (χ1n) is 11.2. The number of ether oxygens (including phenoxy) is 1. The second-order valence-electron chi connectivity index (χ2n) is 8.23. The predicted molar refractivity (Wildman–Crippen MR) is 124 cm³/mol. The van der Waals surface area contributed by atoms with Crippen LogP contribution in [0.1, 0.15) is 43.0 Å². The van der Waals surface area contributed by atoms with Crippen LogP contribution in [0.2, 0.25) is 0 Å². The number of nitrogens with zero attached hydrogens (tertiary/aromatic N) is 2. The Bertz CT molecular complexity index is 976. The molecule has 5 nitrogen and oxygen atoms in total. The molecule has 2 aliphatic heterocycles. The fourth-order valence-corrected chi connectivity index (χ4v) is 5.37. The second-order valence-corrected chi connectivity index (χ2v) is 9.45. The Morgan fingerprint density at radius 3 is 2.50 bits per heavy atom. The molecule has 170 valence electrons. The summed E-state index contributed by atoms with van der Waals surface area (Å²) in [6.45, 7) is 5.64. The molecule has 2 heterocycles. The molecule has 2 aromatic rings. The van der Waals surface area contributed by atoms with Crippen LogP contribution in [0, 0.1) is 5.82 Å². The molecule has 1 saturated heterocycles. The Labute approximate surface area is 192 Å². The van der Waals surface area contributed by atoms with E-state index in [0.29, 0.717) is 18.7 Å². The van der Waals surface area contributed by atoms with Crippen LogP contribution in [0.15, 0.2) is 42.5 Å². The highest BCUT2D eigenvalue weighted by molar-refractivity contribution is 7.99. The van der Waals surface area contributed by atoms with E-state index in [1.165, 1.54) is 12.1 Å². The summed E-state index contributed by atoms with van der Waals surface area (Å²) >= 11 is 1.87. The van der Waals surface area contributed by atoms with Gasteiger partial charge in [0, 0.05) is 38.1 Å². The molecule has 4 rings (SSSR count). The van der Waals surface area contributed by atoms with Crippen molar-refractivity contribution in [3.05, 3.63) is 65.0 Å². The van der Waals surface area contributed by atoms with Crippen molar-refractivity contribution in [2.24, 2.45) is 0 Å². The molecule has 7 heteroatoms. The van der Waals surface area contributed by atoms with Gasteiger partial charge in [0.15, 0.2) is 6.10 Å². The van der Waals surface area contributed by atoms with E-state index in [1.807, 2.05) is 46.7 Å². The van der Waals surface area contributed by atoms with Gasteiger partial charge in [0.25, 0.3) is 5.91 Å². The number of halogens is 1. The number of amides is 2. The van der Waals surface area contributed by atoms with Crippen LogP contribution in [0.3, 0.4) is 0 Å². The van der Waals surface area contributed by atoms with Gasteiger partial charge in [-0.2, -0.15) is 11.8 Å². The highest BCUT2D eigenvalue weighted by Gasteiger charge is 2.32. The molecule has 0 radical (unpaired) electrons. The van der Waals surface area contributed by atoms with E-state index in [1.54, 1.807) is 19.1 Å². The van der Waals surface area contributed by atoms with E-state index in [-0.39, 0.29) is 23.7 Å². The zero-order chi connectivity index (χ0) is 22.7. The summed E-state index contributed by atoms with van der Waals surface area (Å²) in [4.78, 5) is 29.1. The van der Waals surface area contributed by atoms with E-state index >= 15 is 0 Å². The van der Waals surface area contributed by atoms with Crippen molar-refractivity contribution in [3.63, 3.8) is 0 Å². The fourth-order valence-electron chi connectivity index (χ4n) is 4.47. The lowest BCUT2D eigenvalue weighted by molar-refractivity contribution is -0.138. The molecule has 0 bridgehead atoms. The van der Waals surface area contributed by atoms with Crippen LogP contribution < -0.4 is 4.74 Å².